The quantitative estimate of drug-likeness (QED) is 0.221. The van der Waals surface area contributed by atoms with E-state index in [4.69, 9.17) is 4.74 Å². The molecule has 0 amide bonds. The molecule has 0 aliphatic heterocycles. The molecule has 2 aromatic rings. The molecule has 0 fully saturated rings. The average molecular weight is 538 g/mol. The molecule has 1 aromatic heterocycles. The Kier molecular flexibility index (Phi) is 10.8. The molecule has 7 nitrogen and oxygen atoms in total. The molecule has 10 heteroatoms. The molecule has 0 atom stereocenters. The molecular formula is C18H27IN4O3S2. The lowest BCUT2D eigenvalue weighted by atomic mass is 10.3. The topological polar surface area (TPSA) is 92.7 Å². The van der Waals surface area contributed by atoms with Gasteiger partial charge in [-0.05, 0) is 38.1 Å². The first kappa shape index (κ1) is 24.6. The van der Waals surface area contributed by atoms with Crippen molar-refractivity contribution in [3.05, 3.63) is 40.3 Å². The number of nitrogens with zero attached hydrogens (tertiary/aromatic N) is 2. The highest BCUT2D eigenvalue weighted by molar-refractivity contribution is 14.0. The molecule has 0 aliphatic rings. The number of rotatable bonds is 9. The standard InChI is InChI=1S/C18H26N4O3S2.HI/c1-4-19-18(20-10-9-17-22-13-14(2)26-17)21-11-12-25-15-5-7-16(8-6-15)27(3,23)24;/h5-8,13H,4,9-12H2,1-3H3,(H2,19,20,21);1H. The van der Waals surface area contributed by atoms with Crippen LogP contribution in [0.3, 0.4) is 0 Å². The predicted octanol–water partition coefficient (Wildman–Crippen LogP) is 2.65. The number of aliphatic imine (C=N–C) groups is 1. The number of hydrogen-bond donors (Lipinski definition) is 2. The van der Waals surface area contributed by atoms with Gasteiger partial charge in [0, 0.05) is 36.8 Å². The smallest absolute Gasteiger partial charge is 0.191 e. The van der Waals surface area contributed by atoms with Crippen LogP contribution >= 0.6 is 35.3 Å². The summed E-state index contributed by atoms with van der Waals surface area (Å²) in [5.74, 6) is 1.37. The molecule has 0 aliphatic carbocycles. The lowest BCUT2D eigenvalue weighted by Gasteiger charge is -2.12. The summed E-state index contributed by atoms with van der Waals surface area (Å²) in [6.07, 6.45) is 3.88. The van der Waals surface area contributed by atoms with Crippen molar-refractivity contribution >= 4 is 51.1 Å². The van der Waals surface area contributed by atoms with E-state index in [-0.39, 0.29) is 28.9 Å². The van der Waals surface area contributed by atoms with Crippen LogP contribution in [-0.2, 0) is 16.3 Å². The number of guanidine groups is 1. The molecule has 1 heterocycles. The third-order valence-electron chi connectivity index (χ3n) is 3.52. The summed E-state index contributed by atoms with van der Waals surface area (Å²) in [6.45, 7) is 6.52. The minimum absolute atomic E-state index is 0. The highest BCUT2D eigenvalue weighted by Gasteiger charge is 2.06. The summed E-state index contributed by atoms with van der Waals surface area (Å²) in [7, 11) is -3.19. The van der Waals surface area contributed by atoms with Gasteiger partial charge in [-0.15, -0.1) is 35.3 Å². The maximum atomic E-state index is 11.4. The number of hydrogen-bond acceptors (Lipinski definition) is 6. The van der Waals surface area contributed by atoms with Crippen LogP contribution in [0, 0.1) is 6.92 Å². The lowest BCUT2D eigenvalue weighted by molar-refractivity contribution is 0.321. The van der Waals surface area contributed by atoms with Crippen LogP contribution in [0.1, 0.15) is 16.8 Å². The first-order chi connectivity index (χ1) is 12.9. The van der Waals surface area contributed by atoms with Gasteiger partial charge >= 0.3 is 0 Å². The van der Waals surface area contributed by atoms with E-state index in [2.05, 4.69) is 20.6 Å². The average Bonchev–Trinajstić information content (AvgIpc) is 3.03. The fourth-order valence-corrected chi connectivity index (χ4v) is 3.65. The van der Waals surface area contributed by atoms with Crippen LogP contribution in [0.25, 0.3) is 0 Å². The summed E-state index contributed by atoms with van der Waals surface area (Å²) in [5.41, 5.74) is 0. The second-order valence-electron chi connectivity index (χ2n) is 5.89. The SMILES string of the molecule is CCNC(=NCCc1ncc(C)s1)NCCOc1ccc(S(C)(=O)=O)cc1.I. The van der Waals surface area contributed by atoms with Gasteiger partial charge in [-0.2, -0.15) is 0 Å². The number of aryl methyl sites for hydroxylation is 1. The van der Waals surface area contributed by atoms with E-state index in [0.717, 1.165) is 23.9 Å². The van der Waals surface area contributed by atoms with E-state index < -0.39 is 9.84 Å². The second kappa shape index (κ2) is 12.2. The number of nitrogens with one attached hydrogen (secondary N) is 2. The highest BCUT2D eigenvalue weighted by atomic mass is 127. The van der Waals surface area contributed by atoms with Crippen molar-refractivity contribution < 1.29 is 13.2 Å². The second-order valence-corrected chi connectivity index (χ2v) is 9.23. The Morgan fingerprint density at radius 2 is 1.96 bits per heavy atom. The molecule has 2 rings (SSSR count). The first-order valence-corrected chi connectivity index (χ1v) is 11.5. The fourth-order valence-electron chi connectivity index (χ4n) is 2.24. The molecule has 0 bridgehead atoms. The monoisotopic (exact) mass is 538 g/mol. The van der Waals surface area contributed by atoms with Crippen molar-refractivity contribution in [2.24, 2.45) is 4.99 Å². The Bertz CT molecular complexity index is 852. The van der Waals surface area contributed by atoms with Gasteiger partial charge in [0.05, 0.1) is 16.4 Å². The summed E-state index contributed by atoms with van der Waals surface area (Å²) in [5, 5.41) is 7.51. The number of thiazole rings is 1. The van der Waals surface area contributed by atoms with Gasteiger partial charge in [-0.25, -0.2) is 13.4 Å². The van der Waals surface area contributed by atoms with Gasteiger partial charge in [-0.1, -0.05) is 0 Å². The molecule has 156 valence electrons. The molecule has 1 aromatic carbocycles. The Balaban J connectivity index is 0.00000392. The van der Waals surface area contributed by atoms with E-state index >= 15 is 0 Å². The van der Waals surface area contributed by atoms with E-state index in [1.54, 1.807) is 35.6 Å². The number of benzene rings is 1. The molecule has 0 saturated heterocycles. The van der Waals surface area contributed by atoms with Crippen molar-refractivity contribution in [3.8, 4) is 5.75 Å². The third-order valence-corrected chi connectivity index (χ3v) is 5.63. The van der Waals surface area contributed by atoms with Crippen molar-refractivity contribution in [1.29, 1.82) is 0 Å². The van der Waals surface area contributed by atoms with Crippen LogP contribution in [0.2, 0.25) is 0 Å². The van der Waals surface area contributed by atoms with Crippen molar-refractivity contribution in [2.75, 3.05) is 32.5 Å². The van der Waals surface area contributed by atoms with Crippen LogP contribution in [0.5, 0.6) is 5.75 Å². The molecule has 0 spiro atoms. The lowest BCUT2D eigenvalue weighted by Crippen LogP contribution is -2.39. The summed E-state index contributed by atoms with van der Waals surface area (Å²) in [6, 6.07) is 6.41. The van der Waals surface area contributed by atoms with Gasteiger partial charge < -0.3 is 15.4 Å². The molecule has 0 saturated carbocycles. The Labute approximate surface area is 188 Å². The zero-order chi connectivity index (χ0) is 19.7. The number of halogens is 1. The third kappa shape index (κ3) is 8.74. The van der Waals surface area contributed by atoms with Gasteiger partial charge in [0.2, 0.25) is 0 Å². The zero-order valence-electron chi connectivity index (χ0n) is 16.3. The predicted molar refractivity (Wildman–Crippen MR) is 125 cm³/mol. The Morgan fingerprint density at radius 3 is 2.54 bits per heavy atom. The van der Waals surface area contributed by atoms with E-state index in [0.29, 0.717) is 25.4 Å². The molecule has 2 N–H and O–H groups in total. The van der Waals surface area contributed by atoms with E-state index in [9.17, 15) is 8.42 Å². The molecular weight excluding hydrogens is 511 g/mol. The van der Waals surface area contributed by atoms with Crippen molar-refractivity contribution in [2.45, 2.75) is 25.2 Å². The minimum atomic E-state index is -3.19. The normalized spacial score (nSPS) is 11.6. The Morgan fingerprint density at radius 1 is 1.25 bits per heavy atom. The minimum Gasteiger partial charge on any atom is -0.492 e. The number of aromatic nitrogens is 1. The summed E-state index contributed by atoms with van der Waals surface area (Å²) in [4.78, 5) is 10.4. The van der Waals surface area contributed by atoms with E-state index in [1.165, 1.54) is 11.1 Å². The van der Waals surface area contributed by atoms with Crippen LogP contribution in [0.4, 0.5) is 0 Å². The van der Waals surface area contributed by atoms with Gasteiger partial charge in [0.25, 0.3) is 0 Å². The molecule has 0 radical (unpaired) electrons. The number of ether oxygens (including phenoxy) is 1. The molecule has 0 unspecified atom stereocenters. The largest absolute Gasteiger partial charge is 0.492 e. The molecule has 28 heavy (non-hydrogen) atoms. The van der Waals surface area contributed by atoms with Crippen molar-refractivity contribution in [1.82, 2.24) is 15.6 Å². The maximum absolute atomic E-state index is 11.4. The van der Waals surface area contributed by atoms with Gasteiger partial charge in [0.15, 0.2) is 15.8 Å². The van der Waals surface area contributed by atoms with Crippen LogP contribution in [0.15, 0.2) is 40.4 Å². The van der Waals surface area contributed by atoms with E-state index in [1.807, 2.05) is 20.0 Å². The van der Waals surface area contributed by atoms with Crippen LogP contribution < -0.4 is 15.4 Å². The first-order valence-electron chi connectivity index (χ1n) is 8.75. The van der Waals surface area contributed by atoms with Gasteiger partial charge in [0.1, 0.15) is 12.4 Å². The van der Waals surface area contributed by atoms with Gasteiger partial charge in [-0.3, -0.25) is 4.99 Å². The highest BCUT2D eigenvalue weighted by Crippen LogP contribution is 2.15. The summed E-state index contributed by atoms with van der Waals surface area (Å²) < 4.78 is 28.5. The zero-order valence-corrected chi connectivity index (χ0v) is 20.2. The fraction of sp³-hybridized carbons (Fsp3) is 0.444. The number of sulfone groups is 1. The maximum Gasteiger partial charge on any atom is 0.191 e. The Hall–Kier alpha value is -1.40. The van der Waals surface area contributed by atoms with Crippen LogP contribution in [-0.4, -0.2) is 51.9 Å². The van der Waals surface area contributed by atoms with Crippen molar-refractivity contribution in [3.63, 3.8) is 0 Å². The summed E-state index contributed by atoms with van der Waals surface area (Å²) >= 11 is 1.70.